The van der Waals surface area contributed by atoms with Crippen molar-refractivity contribution in [2.24, 2.45) is 0 Å². The molecule has 0 fully saturated rings. The standard InChI is InChI=1S/C11H20N2O2S2/c1-8(2)12-5-6-13-17(14,15)11-7-9(3)16-10(11)4/h7-8,12-13H,5-6H2,1-4H3. The maximum absolute atomic E-state index is 12.0. The maximum Gasteiger partial charge on any atom is 0.241 e. The lowest BCUT2D eigenvalue weighted by Crippen LogP contribution is -2.34. The van der Waals surface area contributed by atoms with Crippen molar-refractivity contribution in [3.63, 3.8) is 0 Å². The Labute approximate surface area is 107 Å². The van der Waals surface area contributed by atoms with Crippen LogP contribution < -0.4 is 10.0 Å². The highest BCUT2D eigenvalue weighted by atomic mass is 32.2. The number of thiophene rings is 1. The van der Waals surface area contributed by atoms with Gasteiger partial charge in [0.05, 0.1) is 4.90 Å². The Morgan fingerprint density at radius 1 is 1.29 bits per heavy atom. The molecule has 0 saturated heterocycles. The minimum Gasteiger partial charge on any atom is -0.313 e. The van der Waals surface area contributed by atoms with E-state index in [-0.39, 0.29) is 0 Å². The van der Waals surface area contributed by atoms with Gasteiger partial charge in [-0.1, -0.05) is 13.8 Å². The molecule has 6 heteroatoms. The van der Waals surface area contributed by atoms with Gasteiger partial charge >= 0.3 is 0 Å². The molecule has 98 valence electrons. The van der Waals surface area contributed by atoms with Gasteiger partial charge < -0.3 is 5.32 Å². The van der Waals surface area contributed by atoms with Crippen molar-refractivity contribution in [2.75, 3.05) is 13.1 Å². The van der Waals surface area contributed by atoms with Crippen LogP contribution in [-0.2, 0) is 10.0 Å². The monoisotopic (exact) mass is 276 g/mol. The third-order valence-corrected chi connectivity index (χ3v) is 4.94. The van der Waals surface area contributed by atoms with Crippen molar-refractivity contribution in [1.29, 1.82) is 0 Å². The highest BCUT2D eigenvalue weighted by Crippen LogP contribution is 2.24. The maximum atomic E-state index is 12.0. The Morgan fingerprint density at radius 2 is 1.94 bits per heavy atom. The summed E-state index contributed by atoms with van der Waals surface area (Å²) in [4.78, 5) is 2.26. The Bertz CT molecular complexity index is 464. The van der Waals surface area contributed by atoms with Crippen LogP contribution in [0.15, 0.2) is 11.0 Å². The normalized spacial score (nSPS) is 12.3. The Kier molecular flexibility index (Phi) is 5.12. The van der Waals surface area contributed by atoms with Crippen molar-refractivity contribution in [3.05, 3.63) is 15.8 Å². The molecular weight excluding hydrogens is 256 g/mol. The number of nitrogens with one attached hydrogen (secondary N) is 2. The van der Waals surface area contributed by atoms with Gasteiger partial charge in [-0.15, -0.1) is 11.3 Å². The summed E-state index contributed by atoms with van der Waals surface area (Å²) in [6.07, 6.45) is 0. The summed E-state index contributed by atoms with van der Waals surface area (Å²) in [5.41, 5.74) is 0. The Hall–Kier alpha value is -0.430. The number of hydrogen-bond acceptors (Lipinski definition) is 4. The van der Waals surface area contributed by atoms with E-state index in [2.05, 4.69) is 10.0 Å². The van der Waals surface area contributed by atoms with E-state index in [1.807, 2.05) is 27.7 Å². The SMILES string of the molecule is Cc1cc(S(=O)(=O)NCCNC(C)C)c(C)s1. The second kappa shape index (κ2) is 5.95. The van der Waals surface area contributed by atoms with Crippen molar-refractivity contribution >= 4 is 21.4 Å². The van der Waals surface area contributed by atoms with Gasteiger partial charge in [0.2, 0.25) is 10.0 Å². The molecule has 0 atom stereocenters. The minimum atomic E-state index is -3.35. The molecule has 0 amide bonds. The van der Waals surface area contributed by atoms with Crippen LogP contribution in [0.4, 0.5) is 0 Å². The summed E-state index contributed by atoms with van der Waals surface area (Å²) in [5.74, 6) is 0. The van der Waals surface area contributed by atoms with Gasteiger partial charge in [-0.05, 0) is 19.9 Å². The molecule has 0 aliphatic heterocycles. The molecular formula is C11H20N2O2S2. The molecule has 0 radical (unpaired) electrons. The first-order valence-electron chi connectivity index (χ1n) is 5.63. The quantitative estimate of drug-likeness (QED) is 0.777. The van der Waals surface area contributed by atoms with E-state index in [1.54, 1.807) is 6.07 Å². The van der Waals surface area contributed by atoms with Crippen LogP contribution >= 0.6 is 11.3 Å². The predicted octanol–water partition coefficient (Wildman–Crippen LogP) is 1.64. The summed E-state index contributed by atoms with van der Waals surface area (Å²) in [7, 11) is -3.35. The number of rotatable bonds is 6. The van der Waals surface area contributed by atoms with Crippen LogP contribution in [0, 0.1) is 13.8 Å². The fourth-order valence-electron chi connectivity index (χ4n) is 1.50. The summed E-state index contributed by atoms with van der Waals surface area (Å²) >= 11 is 1.51. The molecule has 0 bridgehead atoms. The zero-order valence-electron chi connectivity index (χ0n) is 10.7. The predicted molar refractivity (Wildman–Crippen MR) is 72.1 cm³/mol. The van der Waals surface area contributed by atoms with E-state index in [0.717, 1.165) is 9.75 Å². The summed E-state index contributed by atoms with van der Waals surface area (Å²) in [6, 6.07) is 2.09. The molecule has 4 nitrogen and oxygen atoms in total. The minimum absolute atomic E-state index is 0.365. The summed E-state index contributed by atoms with van der Waals surface area (Å²) in [6.45, 7) is 8.85. The van der Waals surface area contributed by atoms with Crippen LogP contribution in [0.25, 0.3) is 0 Å². The van der Waals surface area contributed by atoms with Gasteiger partial charge in [-0.3, -0.25) is 0 Å². The highest BCUT2D eigenvalue weighted by Gasteiger charge is 2.18. The molecule has 0 aliphatic carbocycles. The van der Waals surface area contributed by atoms with Crippen LogP contribution in [0.1, 0.15) is 23.6 Å². The number of aryl methyl sites for hydroxylation is 2. The van der Waals surface area contributed by atoms with Crippen LogP contribution in [0.5, 0.6) is 0 Å². The van der Waals surface area contributed by atoms with E-state index in [9.17, 15) is 8.42 Å². The lowest BCUT2D eigenvalue weighted by Gasteiger charge is -2.09. The van der Waals surface area contributed by atoms with E-state index in [4.69, 9.17) is 0 Å². The summed E-state index contributed by atoms with van der Waals surface area (Å²) in [5, 5.41) is 3.17. The molecule has 0 saturated carbocycles. The van der Waals surface area contributed by atoms with Gasteiger partial charge in [0.1, 0.15) is 0 Å². The molecule has 0 unspecified atom stereocenters. The molecule has 0 aliphatic rings. The summed E-state index contributed by atoms with van der Waals surface area (Å²) < 4.78 is 26.6. The Balaban J connectivity index is 2.60. The number of hydrogen-bond donors (Lipinski definition) is 2. The fraction of sp³-hybridized carbons (Fsp3) is 0.636. The second-order valence-corrected chi connectivity index (χ2v) is 7.48. The van der Waals surface area contributed by atoms with Crippen LogP contribution in [0.2, 0.25) is 0 Å². The molecule has 0 aromatic carbocycles. The van der Waals surface area contributed by atoms with Crippen molar-refractivity contribution in [1.82, 2.24) is 10.0 Å². The molecule has 0 spiro atoms. The highest BCUT2D eigenvalue weighted by molar-refractivity contribution is 7.89. The van der Waals surface area contributed by atoms with E-state index >= 15 is 0 Å². The van der Waals surface area contributed by atoms with Crippen molar-refractivity contribution in [3.8, 4) is 0 Å². The smallest absolute Gasteiger partial charge is 0.241 e. The average molecular weight is 276 g/mol. The van der Waals surface area contributed by atoms with E-state index < -0.39 is 10.0 Å². The van der Waals surface area contributed by atoms with Gasteiger partial charge in [0, 0.05) is 28.9 Å². The van der Waals surface area contributed by atoms with Gasteiger partial charge in [-0.25, -0.2) is 13.1 Å². The van der Waals surface area contributed by atoms with Gasteiger partial charge in [0.25, 0.3) is 0 Å². The molecule has 1 rings (SSSR count). The first-order valence-corrected chi connectivity index (χ1v) is 7.93. The molecule has 1 aromatic rings. The third-order valence-electron chi connectivity index (χ3n) is 2.25. The fourth-order valence-corrected chi connectivity index (χ4v) is 4.08. The largest absolute Gasteiger partial charge is 0.313 e. The first kappa shape index (κ1) is 14.6. The molecule has 1 heterocycles. The zero-order chi connectivity index (χ0) is 13.1. The van der Waals surface area contributed by atoms with Gasteiger partial charge in [0.15, 0.2) is 0 Å². The lowest BCUT2D eigenvalue weighted by atomic mass is 10.4. The Morgan fingerprint density at radius 3 is 2.41 bits per heavy atom. The van der Waals surface area contributed by atoms with Gasteiger partial charge in [-0.2, -0.15) is 0 Å². The zero-order valence-corrected chi connectivity index (χ0v) is 12.3. The van der Waals surface area contributed by atoms with Crippen molar-refractivity contribution in [2.45, 2.75) is 38.6 Å². The molecule has 17 heavy (non-hydrogen) atoms. The topological polar surface area (TPSA) is 58.2 Å². The lowest BCUT2D eigenvalue weighted by molar-refractivity contribution is 0.559. The van der Waals surface area contributed by atoms with Crippen molar-refractivity contribution < 1.29 is 8.42 Å². The third kappa shape index (κ3) is 4.39. The number of sulfonamides is 1. The van der Waals surface area contributed by atoms with Crippen LogP contribution in [0.3, 0.4) is 0 Å². The van der Waals surface area contributed by atoms with E-state index in [1.165, 1.54) is 11.3 Å². The van der Waals surface area contributed by atoms with E-state index in [0.29, 0.717) is 24.0 Å². The van der Waals surface area contributed by atoms with Crippen LogP contribution in [-0.4, -0.2) is 27.5 Å². The molecule has 2 N–H and O–H groups in total. The molecule has 1 aromatic heterocycles. The average Bonchev–Trinajstić information content (AvgIpc) is 2.53. The second-order valence-electron chi connectivity index (χ2n) is 4.28. The first-order chi connectivity index (χ1) is 7.83.